The fourth-order valence-corrected chi connectivity index (χ4v) is 2.90. The van der Waals surface area contributed by atoms with E-state index in [0.717, 1.165) is 23.0 Å². The van der Waals surface area contributed by atoms with E-state index in [1.54, 1.807) is 0 Å². The molecule has 1 aliphatic heterocycles. The van der Waals surface area contributed by atoms with Gasteiger partial charge in [-0.25, -0.2) is 5.10 Å². The quantitative estimate of drug-likeness (QED) is 0.921. The average molecular weight is 324 g/mol. The van der Waals surface area contributed by atoms with E-state index in [-0.39, 0.29) is 5.69 Å². The Balaban J connectivity index is 2.06. The molecule has 0 unspecified atom stereocenters. The summed E-state index contributed by atoms with van der Waals surface area (Å²) in [6.07, 6.45) is -3.67. The minimum atomic E-state index is -4.73. The van der Waals surface area contributed by atoms with Gasteiger partial charge in [-0.05, 0) is 17.2 Å². The van der Waals surface area contributed by atoms with Crippen molar-refractivity contribution in [1.29, 1.82) is 0 Å². The van der Waals surface area contributed by atoms with Crippen LogP contribution in [-0.2, 0) is 19.3 Å². The third-order valence-electron chi connectivity index (χ3n) is 3.90. The second kappa shape index (κ2) is 5.29. The molecule has 2 aromatic rings. The van der Waals surface area contributed by atoms with Crippen LogP contribution >= 0.6 is 0 Å². The number of fused-ring (bicyclic) bond motifs is 1. The second-order valence-corrected chi connectivity index (χ2v) is 5.62. The molecule has 1 aromatic heterocycles. The van der Waals surface area contributed by atoms with Crippen LogP contribution in [0.25, 0.3) is 0 Å². The number of nitrogens with zero attached hydrogens (tertiary/aromatic N) is 3. The Morgan fingerprint density at radius 3 is 2.65 bits per heavy atom. The van der Waals surface area contributed by atoms with Gasteiger partial charge in [0.25, 0.3) is 5.56 Å². The third kappa shape index (κ3) is 2.64. The van der Waals surface area contributed by atoms with Crippen LogP contribution in [0.15, 0.2) is 29.2 Å². The molecule has 0 amide bonds. The highest BCUT2D eigenvalue weighted by Gasteiger charge is 2.39. The zero-order valence-corrected chi connectivity index (χ0v) is 12.6. The van der Waals surface area contributed by atoms with Crippen molar-refractivity contribution in [3.63, 3.8) is 0 Å². The maximum Gasteiger partial charge on any atom is 0.423 e. The molecule has 0 aliphatic carbocycles. The van der Waals surface area contributed by atoms with Gasteiger partial charge in [0.1, 0.15) is 5.56 Å². The number of nitrogens with one attached hydrogen (secondary N) is 1. The van der Waals surface area contributed by atoms with Crippen LogP contribution in [0.3, 0.4) is 0 Å². The Bertz CT molecular complexity index is 798. The normalized spacial score (nSPS) is 14.0. The summed E-state index contributed by atoms with van der Waals surface area (Å²) >= 11 is 0. The maximum atomic E-state index is 13.2. The zero-order valence-electron chi connectivity index (χ0n) is 12.6. The lowest BCUT2D eigenvalue weighted by molar-refractivity contribution is -0.138. The topological polar surface area (TPSA) is 52.2 Å². The lowest BCUT2D eigenvalue weighted by Gasteiger charge is -2.21. The first-order chi connectivity index (χ1) is 10.8. The molecule has 5 nitrogen and oxygen atoms in total. The summed E-state index contributed by atoms with van der Waals surface area (Å²) in [5, 5.41) is 5.39. The molecule has 1 aliphatic rings. The molecule has 8 heteroatoms. The van der Waals surface area contributed by atoms with Gasteiger partial charge in [-0.15, -0.1) is 0 Å². The van der Waals surface area contributed by atoms with Crippen molar-refractivity contribution in [3.8, 4) is 0 Å². The van der Waals surface area contributed by atoms with Crippen LogP contribution in [0.5, 0.6) is 0 Å². The molecule has 0 fully saturated rings. The molecule has 1 aromatic carbocycles. The highest BCUT2D eigenvalue weighted by molar-refractivity contribution is 5.63. The van der Waals surface area contributed by atoms with Crippen molar-refractivity contribution in [2.45, 2.75) is 19.3 Å². The number of benzene rings is 1. The number of hydrogen-bond donors (Lipinski definition) is 1. The molecule has 23 heavy (non-hydrogen) atoms. The van der Waals surface area contributed by atoms with Crippen LogP contribution < -0.4 is 15.4 Å². The molecule has 122 valence electrons. The summed E-state index contributed by atoms with van der Waals surface area (Å²) < 4.78 is 39.6. The SMILES string of the molecule is CN(C)c1cccc2c1CN(c1cn[nH]c(=O)c1C(F)(F)F)C2. The van der Waals surface area contributed by atoms with E-state index in [0.29, 0.717) is 13.1 Å². The molecule has 1 N–H and O–H groups in total. The molecule has 2 heterocycles. The van der Waals surface area contributed by atoms with Crippen molar-refractivity contribution in [2.75, 3.05) is 23.9 Å². The van der Waals surface area contributed by atoms with Gasteiger partial charge >= 0.3 is 6.18 Å². The minimum Gasteiger partial charge on any atom is -0.377 e. The number of H-pyrrole nitrogens is 1. The van der Waals surface area contributed by atoms with E-state index in [4.69, 9.17) is 0 Å². The highest BCUT2D eigenvalue weighted by atomic mass is 19.4. The van der Waals surface area contributed by atoms with Crippen LogP contribution in [0.4, 0.5) is 24.5 Å². The fraction of sp³-hybridized carbons (Fsp3) is 0.333. The van der Waals surface area contributed by atoms with Crippen LogP contribution in [0, 0.1) is 0 Å². The number of hydrogen-bond acceptors (Lipinski definition) is 4. The zero-order chi connectivity index (χ0) is 16.8. The van der Waals surface area contributed by atoms with Crippen molar-refractivity contribution in [1.82, 2.24) is 10.2 Å². The number of alkyl halides is 3. The van der Waals surface area contributed by atoms with E-state index >= 15 is 0 Å². The molecule has 0 saturated carbocycles. The standard InChI is InChI=1S/C15H15F3N4O/c1-21(2)11-5-3-4-9-7-22(8-10(9)11)12-6-19-20-14(23)13(12)15(16,17)18/h3-6H,7-8H2,1-2H3,(H,20,23). The molecule has 0 saturated heterocycles. The first kappa shape index (κ1) is 15.4. The van der Waals surface area contributed by atoms with Crippen molar-refractivity contribution < 1.29 is 13.2 Å². The Hall–Kier alpha value is -2.51. The monoisotopic (exact) mass is 324 g/mol. The van der Waals surface area contributed by atoms with Gasteiger partial charge in [0, 0.05) is 32.9 Å². The fourth-order valence-electron chi connectivity index (χ4n) is 2.90. The van der Waals surface area contributed by atoms with Crippen molar-refractivity contribution >= 4 is 11.4 Å². The molecule has 0 bridgehead atoms. The summed E-state index contributed by atoms with van der Waals surface area (Å²) in [6.45, 7) is 0.614. The van der Waals surface area contributed by atoms with Crippen LogP contribution in [0.1, 0.15) is 16.7 Å². The number of anilines is 2. The first-order valence-corrected chi connectivity index (χ1v) is 6.97. The number of halogens is 3. The van der Waals surface area contributed by atoms with Gasteiger partial charge in [-0.2, -0.15) is 18.3 Å². The summed E-state index contributed by atoms with van der Waals surface area (Å²) in [5.41, 5.74) is 0.250. The molecule has 0 atom stereocenters. The molecule has 0 spiro atoms. The van der Waals surface area contributed by atoms with Crippen molar-refractivity contribution in [3.05, 3.63) is 51.4 Å². The van der Waals surface area contributed by atoms with Gasteiger partial charge in [0.15, 0.2) is 0 Å². The Morgan fingerprint density at radius 1 is 1.26 bits per heavy atom. The van der Waals surface area contributed by atoms with Gasteiger partial charge < -0.3 is 9.80 Å². The van der Waals surface area contributed by atoms with Crippen molar-refractivity contribution in [2.24, 2.45) is 0 Å². The third-order valence-corrected chi connectivity index (χ3v) is 3.90. The molecular weight excluding hydrogens is 309 g/mol. The van der Waals surface area contributed by atoms with Gasteiger partial charge in [-0.3, -0.25) is 4.79 Å². The van der Waals surface area contributed by atoms with E-state index in [9.17, 15) is 18.0 Å². The van der Waals surface area contributed by atoms with E-state index < -0.39 is 17.3 Å². The van der Waals surface area contributed by atoms with Crippen LogP contribution in [0.2, 0.25) is 0 Å². The average Bonchev–Trinajstić information content (AvgIpc) is 2.88. The maximum absolute atomic E-state index is 13.2. The summed E-state index contributed by atoms with van der Waals surface area (Å²) in [6, 6.07) is 5.68. The van der Waals surface area contributed by atoms with Gasteiger partial charge in [0.2, 0.25) is 0 Å². The predicted octanol–water partition coefficient (Wildman–Crippen LogP) is 2.37. The molecule has 3 rings (SSSR count). The van der Waals surface area contributed by atoms with E-state index in [1.165, 1.54) is 4.90 Å². The number of aromatic amines is 1. The Kier molecular flexibility index (Phi) is 3.54. The van der Waals surface area contributed by atoms with Crippen LogP contribution in [-0.4, -0.2) is 24.3 Å². The second-order valence-electron chi connectivity index (χ2n) is 5.62. The summed E-state index contributed by atoms with van der Waals surface area (Å²) in [5.74, 6) is 0. The largest absolute Gasteiger partial charge is 0.423 e. The molecule has 0 radical (unpaired) electrons. The number of rotatable bonds is 2. The summed E-state index contributed by atoms with van der Waals surface area (Å²) in [4.78, 5) is 15.1. The number of aromatic nitrogens is 2. The smallest absolute Gasteiger partial charge is 0.377 e. The van der Waals surface area contributed by atoms with Gasteiger partial charge in [-0.1, -0.05) is 12.1 Å². The Morgan fingerprint density at radius 2 is 2.00 bits per heavy atom. The van der Waals surface area contributed by atoms with E-state index in [1.807, 2.05) is 42.3 Å². The minimum absolute atomic E-state index is 0.192. The van der Waals surface area contributed by atoms with Gasteiger partial charge in [0.05, 0.1) is 11.9 Å². The highest BCUT2D eigenvalue weighted by Crippen LogP contribution is 2.38. The predicted molar refractivity (Wildman–Crippen MR) is 80.5 cm³/mol. The molecular formula is C15H15F3N4O. The lowest BCUT2D eigenvalue weighted by atomic mass is 10.1. The first-order valence-electron chi connectivity index (χ1n) is 6.97. The lowest BCUT2D eigenvalue weighted by Crippen LogP contribution is -2.28. The van der Waals surface area contributed by atoms with E-state index in [2.05, 4.69) is 5.10 Å². The summed E-state index contributed by atoms with van der Waals surface area (Å²) in [7, 11) is 3.77. The Labute approximate surface area is 130 Å².